The lowest BCUT2D eigenvalue weighted by atomic mass is 10.3. The van der Waals surface area contributed by atoms with E-state index >= 15 is 0 Å². The van der Waals surface area contributed by atoms with Crippen molar-refractivity contribution >= 4 is 27.3 Å². The molecule has 1 saturated carbocycles. The molecule has 0 aliphatic heterocycles. The molecule has 1 nitrogen and oxygen atoms in total. The normalized spacial score (nSPS) is 16.1. The van der Waals surface area contributed by atoms with Crippen LogP contribution in [0.25, 0.3) is 0 Å². The fourth-order valence-corrected chi connectivity index (χ4v) is 2.97. The zero-order chi connectivity index (χ0) is 10.5. The second-order valence-electron chi connectivity index (χ2n) is 4.18. The summed E-state index contributed by atoms with van der Waals surface area (Å²) in [5.41, 5.74) is 0. The van der Waals surface area contributed by atoms with Crippen molar-refractivity contribution in [1.82, 2.24) is 4.90 Å². The Labute approximate surface area is 105 Å². The summed E-state index contributed by atoms with van der Waals surface area (Å²) in [5, 5.41) is 3.32. The Morgan fingerprint density at radius 2 is 2.27 bits per heavy atom. The minimum Gasteiger partial charge on any atom is -0.295 e. The molecule has 15 heavy (non-hydrogen) atoms. The zero-order valence-electron chi connectivity index (χ0n) is 8.99. The Bertz CT molecular complexity index is 269. The van der Waals surface area contributed by atoms with Gasteiger partial charge in [0.2, 0.25) is 0 Å². The molecule has 1 aliphatic carbocycles. The quantitative estimate of drug-likeness (QED) is 0.543. The van der Waals surface area contributed by atoms with Crippen molar-refractivity contribution in [3.63, 3.8) is 0 Å². The molecular formula is C12H18BrNS. The first-order valence-electron chi connectivity index (χ1n) is 5.72. The third-order valence-corrected chi connectivity index (χ3v) is 4.25. The average molecular weight is 288 g/mol. The number of hydrogen-bond acceptors (Lipinski definition) is 2. The average Bonchev–Trinajstić information content (AvgIpc) is 2.97. The van der Waals surface area contributed by atoms with Crippen LogP contribution in [0.4, 0.5) is 0 Å². The number of halogens is 1. The van der Waals surface area contributed by atoms with Crippen LogP contribution in [0.5, 0.6) is 0 Å². The molecule has 1 aromatic rings. The molecular weight excluding hydrogens is 270 g/mol. The summed E-state index contributed by atoms with van der Waals surface area (Å²) >= 11 is 5.38. The maximum absolute atomic E-state index is 3.50. The van der Waals surface area contributed by atoms with Gasteiger partial charge in [-0.2, -0.15) is 0 Å². The second kappa shape index (κ2) is 6.02. The highest BCUT2D eigenvalue weighted by atomic mass is 79.9. The number of alkyl halides is 1. The minimum atomic E-state index is 0.891. The van der Waals surface area contributed by atoms with Gasteiger partial charge in [0.25, 0.3) is 0 Å². The van der Waals surface area contributed by atoms with Crippen LogP contribution in [-0.2, 0) is 6.54 Å². The van der Waals surface area contributed by atoms with Crippen molar-refractivity contribution in [2.75, 3.05) is 11.9 Å². The highest BCUT2D eigenvalue weighted by Gasteiger charge is 2.28. The number of nitrogens with zero attached hydrogens (tertiary/aromatic N) is 1. The van der Waals surface area contributed by atoms with Gasteiger partial charge in [-0.3, -0.25) is 4.90 Å². The molecule has 1 fully saturated rings. The van der Waals surface area contributed by atoms with Gasteiger partial charge >= 0.3 is 0 Å². The first-order valence-corrected chi connectivity index (χ1v) is 7.72. The van der Waals surface area contributed by atoms with E-state index in [-0.39, 0.29) is 0 Å². The van der Waals surface area contributed by atoms with Crippen LogP contribution in [-0.4, -0.2) is 22.8 Å². The molecule has 3 heteroatoms. The van der Waals surface area contributed by atoms with Gasteiger partial charge in [-0.1, -0.05) is 22.0 Å². The lowest BCUT2D eigenvalue weighted by Gasteiger charge is -2.20. The largest absolute Gasteiger partial charge is 0.295 e. The molecule has 0 amide bonds. The number of rotatable bonds is 7. The van der Waals surface area contributed by atoms with Gasteiger partial charge in [0.1, 0.15) is 0 Å². The molecule has 1 heterocycles. The fraction of sp³-hybridized carbons (Fsp3) is 0.667. The van der Waals surface area contributed by atoms with Gasteiger partial charge in [0.05, 0.1) is 0 Å². The van der Waals surface area contributed by atoms with Crippen LogP contribution in [0.3, 0.4) is 0 Å². The second-order valence-corrected chi connectivity index (χ2v) is 6.00. The van der Waals surface area contributed by atoms with Crippen molar-refractivity contribution in [1.29, 1.82) is 0 Å². The molecule has 0 aromatic carbocycles. The van der Waals surface area contributed by atoms with Gasteiger partial charge in [0, 0.05) is 22.8 Å². The molecule has 2 rings (SSSR count). The highest BCUT2D eigenvalue weighted by molar-refractivity contribution is 9.09. The van der Waals surface area contributed by atoms with Gasteiger partial charge in [-0.15, -0.1) is 11.3 Å². The van der Waals surface area contributed by atoms with Crippen molar-refractivity contribution in [3.05, 3.63) is 22.4 Å². The van der Waals surface area contributed by atoms with Gasteiger partial charge < -0.3 is 0 Å². The van der Waals surface area contributed by atoms with E-state index in [4.69, 9.17) is 0 Å². The van der Waals surface area contributed by atoms with Crippen molar-refractivity contribution < 1.29 is 0 Å². The summed E-state index contributed by atoms with van der Waals surface area (Å²) in [5.74, 6) is 0. The summed E-state index contributed by atoms with van der Waals surface area (Å²) in [4.78, 5) is 4.18. The molecule has 0 N–H and O–H groups in total. The maximum Gasteiger partial charge on any atom is 0.0330 e. The molecule has 0 unspecified atom stereocenters. The monoisotopic (exact) mass is 287 g/mol. The first-order chi connectivity index (χ1) is 7.40. The number of hydrogen-bond donors (Lipinski definition) is 0. The third kappa shape index (κ3) is 3.89. The third-order valence-electron chi connectivity index (χ3n) is 2.83. The Morgan fingerprint density at radius 3 is 2.87 bits per heavy atom. The smallest absolute Gasteiger partial charge is 0.0330 e. The van der Waals surface area contributed by atoms with Crippen LogP contribution in [0.15, 0.2) is 17.5 Å². The van der Waals surface area contributed by atoms with Gasteiger partial charge in [-0.25, -0.2) is 0 Å². The Hall–Kier alpha value is 0.140. The summed E-state index contributed by atoms with van der Waals surface area (Å²) in [6.07, 6.45) is 5.46. The van der Waals surface area contributed by atoms with Gasteiger partial charge in [0.15, 0.2) is 0 Å². The molecule has 0 saturated heterocycles. The topological polar surface area (TPSA) is 3.24 Å². The van der Waals surface area contributed by atoms with Crippen LogP contribution in [0, 0.1) is 0 Å². The molecule has 0 atom stereocenters. The van der Waals surface area contributed by atoms with E-state index in [1.807, 2.05) is 11.3 Å². The van der Waals surface area contributed by atoms with E-state index in [9.17, 15) is 0 Å². The lowest BCUT2D eigenvalue weighted by Crippen LogP contribution is -2.26. The number of unbranched alkanes of at least 4 members (excludes halogenated alkanes) is 1. The molecule has 0 bridgehead atoms. The Kier molecular flexibility index (Phi) is 4.66. The summed E-state index contributed by atoms with van der Waals surface area (Å²) in [6, 6.07) is 5.30. The first kappa shape index (κ1) is 11.6. The SMILES string of the molecule is BrCCCCN(Cc1cccs1)C1CC1. The predicted molar refractivity (Wildman–Crippen MR) is 70.8 cm³/mol. The predicted octanol–water partition coefficient (Wildman–Crippen LogP) is 3.89. The summed E-state index contributed by atoms with van der Waals surface area (Å²) in [7, 11) is 0. The van der Waals surface area contributed by atoms with E-state index in [1.165, 1.54) is 43.6 Å². The maximum atomic E-state index is 3.50. The Balaban J connectivity index is 1.78. The Morgan fingerprint density at radius 1 is 1.40 bits per heavy atom. The lowest BCUT2D eigenvalue weighted by molar-refractivity contribution is 0.253. The van der Waals surface area contributed by atoms with Crippen molar-refractivity contribution in [2.45, 2.75) is 38.3 Å². The number of thiophene rings is 1. The molecule has 0 radical (unpaired) electrons. The fourth-order valence-electron chi connectivity index (χ4n) is 1.84. The summed E-state index contributed by atoms with van der Waals surface area (Å²) in [6.45, 7) is 2.44. The molecule has 0 spiro atoms. The molecule has 1 aliphatic rings. The van der Waals surface area contributed by atoms with E-state index in [0.29, 0.717) is 0 Å². The van der Waals surface area contributed by atoms with Crippen molar-refractivity contribution in [2.24, 2.45) is 0 Å². The van der Waals surface area contributed by atoms with E-state index in [2.05, 4.69) is 38.3 Å². The van der Waals surface area contributed by atoms with Gasteiger partial charge in [-0.05, 0) is 43.7 Å². The summed E-state index contributed by atoms with van der Waals surface area (Å²) < 4.78 is 0. The molecule has 1 aromatic heterocycles. The van der Waals surface area contributed by atoms with Crippen LogP contribution < -0.4 is 0 Å². The molecule has 84 valence electrons. The van der Waals surface area contributed by atoms with Crippen LogP contribution in [0.2, 0.25) is 0 Å². The minimum absolute atomic E-state index is 0.891. The van der Waals surface area contributed by atoms with Crippen LogP contribution in [0.1, 0.15) is 30.6 Å². The van der Waals surface area contributed by atoms with E-state index < -0.39 is 0 Å². The standard InChI is InChI=1S/C12H18BrNS/c13-7-1-2-8-14(11-5-6-11)10-12-4-3-9-15-12/h3-4,9,11H,1-2,5-8,10H2. The van der Waals surface area contributed by atoms with Crippen LogP contribution >= 0.6 is 27.3 Å². The van der Waals surface area contributed by atoms with E-state index in [0.717, 1.165) is 11.4 Å². The van der Waals surface area contributed by atoms with Crippen molar-refractivity contribution in [3.8, 4) is 0 Å². The zero-order valence-corrected chi connectivity index (χ0v) is 11.4. The highest BCUT2D eigenvalue weighted by Crippen LogP contribution is 2.29. The van der Waals surface area contributed by atoms with E-state index in [1.54, 1.807) is 0 Å².